The third kappa shape index (κ3) is 2.78. The largest absolute Gasteiger partial charge is 0.359 e. The molecule has 108 valence electrons. The minimum atomic E-state index is -0.303. The van der Waals surface area contributed by atoms with Gasteiger partial charge in [-0.05, 0) is 30.5 Å². The van der Waals surface area contributed by atoms with Gasteiger partial charge < -0.3 is 4.90 Å². The van der Waals surface area contributed by atoms with Crippen molar-refractivity contribution in [3.05, 3.63) is 68.7 Å². The lowest BCUT2D eigenvalue weighted by Gasteiger charge is -2.27. The summed E-state index contributed by atoms with van der Waals surface area (Å²) in [5.74, 6) is 0. The van der Waals surface area contributed by atoms with Crippen LogP contribution in [-0.4, -0.2) is 11.5 Å². The molecule has 0 aliphatic carbocycles. The van der Waals surface area contributed by atoms with Crippen molar-refractivity contribution in [1.29, 1.82) is 0 Å². The molecule has 1 aliphatic rings. The van der Waals surface area contributed by atoms with Crippen LogP contribution in [0.2, 0.25) is 0 Å². The minimum Gasteiger partial charge on any atom is -0.359 e. The van der Waals surface area contributed by atoms with Gasteiger partial charge in [-0.1, -0.05) is 46.3 Å². The summed E-state index contributed by atoms with van der Waals surface area (Å²) in [6, 6.07) is 15.5. The second-order valence-corrected chi connectivity index (χ2v) is 6.07. The molecule has 0 radical (unpaired) electrons. The number of halogens is 1. The molecular formula is C16H15BrN2O2. The third-order valence-electron chi connectivity index (χ3n) is 3.88. The molecule has 0 aromatic heterocycles. The number of rotatable bonds is 3. The monoisotopic (exact) mass is 346 g/mol. The smallest absolute Gasteiger partial charge is 0.292 e. The lowest BCUT2D eigenvalue weighted by atomic mass is 10.0. The zero-order chi connectivity index (χ0) is 14.8. The Bertz CT molecular complexity index is 661. The van der Waals surface area contributed by atoms with Gasteiger partial charge in [0.2, 0.25) is 0 Å². The summed E-state index contributed by atoms with van der Waals surface area (Å²) in [4.78, 5) is 13.1. The van der Waals surface area contributed by atoms with Gasteiger partial charge in [0.15, 0.2) is 0 Å². The summed E-state index contributed by atoms with van der Waals surface area (Å²) in [5.41, 5.74) is 2.08. The van der Waals surface area contributed by atoms with E-state index in [1.807, 2.05) is 24.3 Å². The minimum absolute atomic E-state index is 0.168. The van der Waals surface area contributed by atoms with Crippen LogP contribution in [0.4, 0.5) is 11.4 Å². The van der Waals surface area contributed by atoms with Crippen LogP contribution >= 0.6 is 15.9 Å². The summed E-state index contributed by atoms with van der Waals surface area (Å²) >= 11 is 3.42. The van der Waals surface area contributed by atoms with Gasteiger partial charge in [0.1, 0.15) is 5.69 Å². The first-order valence-corrected chi connectivity index (χ1v) is 7.71. The number of nitro groups is 1. The number of benzene rings is 2. The fraction of sp³-hybridized carbons (Fsp3) is 0.250. The molecule has 0 N–H and O–H groups in total. The van der Waals surface area contributed by atoms with Crippen molar-refractivity contribution in [2.45, 2.75) is 18.9 Å². The Balaban J connectivity index is 2.03. The summed E-state index contributed by atoms with van der Waals surface area (Å²) in [5, 5.41) is 11.3. The molecule has 2 aromatic carbocycles. The van der Waals surface area contributed by atoms with Crippen LogP contribution in [0.15, 0.2) is 53.0 Å². The Kier molecular flexibility index (Phi) is 3.92. The van der Waals surface area contributed by atoms with Gasteiger partial charge in [0, 0.05) is 17.1 Å². The first kappa shape index (κ1) is 14.1. The average Bonchev–Trinajstić information content (AvgIpc) is 2.97. The van der Waals surface area contributed by atoms with Gasteiger partial charge in [-0.25, -0.2) is 0 Å². The van der Waals surface area contributed by atoms with Crippen LogP contribution in [-0.2, 0) is 0 Å². The Morgan fingerprint density at radius 2 is 1.95 bits per heavy atom. The van der Waals surface area contributed by atoms with E-state index in [-0.39, 0.29) is 16.7 Å². The SMILES string of the molecule is O=[N+]([O-])c1ccc(Br)cc1N1CCCC1c1ccccc1. The van der Waals surface area contributed by atoms with Crippen LogP contribution < -0.4 is 4.90 Å². The van der Waals surface area contributed by atoms with E-state index in [0.29, 0.717) is 5.69 Å². The van der Waals surface area contributed by atoms with Crippen molar-refractivity contribution in [2.75, 3.05) is 11.4 Å². The van der Waals surface area contributed by atoms with Crippen LogP contribution in [0.25, 0.3) is 0 Å². The normalized spacial score (nSPS) is 18.0. The topological polar surface area (TPSA) is 46.4 Å². The molecular weight excluding hydrogens is 332 g/mol. The van der Waals surface area contributed by atoms with Crippen molar-refractivity contribution >= 4 is 27.3 Å². The van der Waals surface area contributed by atoms with Gasteiger partial charge >= 0.3 is 0 Å². The maximum Gasteiger partial charge on any atom is 0.292 e. The molecule has 0 spiro atoms. The Morgan fingerprint density at radius 3 is 2.67 bits per heavy atom. The maximum absolute atomic E-state index is 11.3. The molecule has 21 heavy (non-hydrogen) atoms. The average molecular weight is 347 g/mol. The highest BCUT2D eigenvalue weighted by Crippen LogP contribution is 2.41. The highest BCUT2D eigenvalue weighted by molar-refractivity contribution is 9.10. The molecule has 1 aliphatic heterocycles. The number of nitro benzene ring substituents is 1. The fourth-order valence-electron chi connectivity index (χ4n) is 2.96. The highest BCUT2D eigenvalue weighted by atomic mass is 79.9. The molecule has 1 fully saturated rings. The lowest BCUT2D eigenvalue weighted by Crippen LogP contribution is -2.23. The molecule has 1 unspecified atom stereocenters. The number of anilines is 1. The van der Waals surface area contributed by atoms with E-state index in [2.05, 4.69) is 33.0 Å². The van der Waals surface area contributed by atoms with Gasteiger partial charge in [0.25, 0.3) is 5.69 Å². The number of hydrogen-bond donors (Lipinski definition) is 0. The molecule has 1 atom stereocenters. The van der Waals surface area contributed by atoms with Crippen molar-refractivity contribution in [1.82, 2.24) is 0 Å². The molecule has 0 bridgehead atoms. The van der Waals surface area contributed by atoms with Gasteiger partial charge in [-0.15, -0.1) is 0 Å². The zero-order valence-electron chi connectivity index (χ0n) is 11.4. The first-order valence-electron chi connectivity index (χ1n) is 6.92. The summed E-state index contributed by atoms with van der Waals surface area (Å²) < 4.78 is 0.863. The van der Waals surface area contributed by atoms with E-state index in [4.69, 9.17) is 0 Å². The van der Waals surface area contributed by atoms with Crippen LogP contribution in [0.3, 0.4) is 0 Å². The summed E-state index contributed by atoms with van der Waals surface area (Å²) in [6.07, 6.45) is 2.07. The van der Waals surface area contributed by atoms with Crippen molar-refractivity contribution in [3.8, 4) is 0 Å². The van der Waals surface area contributed by atoms with Crippen molar-refractivity contribution < 1.29 is 4.92 Å². The molecule has 2 aromatic rings. The van der Waals surface area contributed by atoms with Crippen LogP contribution in [0.1, 0.15) is 24.4 Å². The molecule has 5 heteroatoms. The van der Waals surface area contributed by atoms with E-state index >= 15 is 0 Å². The first-order chi connectivity index (χ1) is 10.2. The zero-order valence-corrected chi connectivity index (χ0v) is 13.0. The van der Waals surface area contributed by atoms with Crippen molar-refractivity contribution in [2.24, 2.45) is 0 Å². The van der Waals surface area contributed by atoms with Gasteiger partial charge in [-0.2, -0.15) is 0 Å². The third-order valence-corrected chi connectivity index (χ3v) is 4.37. The van der Waals surface area contributed by atoms with E-state index in [1.165, 1.54) is 5.56 Å². The maximum atomic E-state index is 11.3. The lowest BCUT2D eigenvalue weighted by molar-refractivity contribution is -0.384. The predicted octanol–water partition coefficient (Wildman–Crippen LogP) is 4.70. The second-order valence-electron chi connectivity index (χ2n) is 5.15. The standard InChI is InChI=1S/C16H15BrN2O2/c17-13-8-9-15(19(20)21)16(11-13)18-10-4-7-14(18)12-5-2-1-3-6-12/h1-3,5-6,8-9,11,14H,4,7,10H2. The Hall–Kier alpha value is -1.88. The number of nitrogens with zero attached hydrogens (tertiary/aromatic N) is 2. The summed E-state index contributed by atoms with van der Waals surface area (Å²) in [6.45, 7) is 0.844. The Morgan fingerprint density at radius 1 is 1.19 bits per heavy atom. The van der Waals surface area contributed by atoms with E-state index in [0.717, 1.165) is 23.9 Å². The Labute approximate surface area is 131 Å². The van der Waals surface area contributed by atoms with E-state index in [9.17, 15) is 10.1 Å². The van der Waals surface area contributed by atoms with E-state index < -0.39 is 0 Å². The fourth-order valence-corrected chi connectivity index (χ4v) is 3.31. The van der Waals surface area contributed by atoms with E-state index in [1.54, 1.807) is 12.1 Å². The molecule has 0 saturated carbocycles. The summed E-state index contributed by atoms with van der Waals surface area (Å²) in [7, 11) is 0. The molecule has 3 rings (SSSR count). The molecule has 1 heterocycles. The quantitative estimate of drug-likeness (QED) is 0.597. The van der Waals surface area contributed by atoms with Gasteiger partial charge in [-0.3, -0.25) is 10.1 Å². The van der Waals surface area contributed by atoms with Crippen LogP contribution in [0.5, 0.6) is 0 Å². The molecule has 0 amide bonds. The second kappa shape index (κ2) is 5.85. The highest BCUT2D eigenvalue weighted by Gasteiger charge is 2.30. The van der Waals surface area contributed by atoms with Gasteiger partial charge in [0.05, 0.1) is 11.0 Å². The molecule has 4 nitrogen and oxygen atoms in total. The molecule has 1 saturated heterocycles. The van der Waals surface area contributed by atoms with Crippen molar-refractivity contribution in [3.63, 3.8) is 0 Å². The van der Waals surface area contributed by atoms with Crippen LogP contribution in [0, 0.1) is 10.1 Å². The number of hydrogen-bond acceptors (Lipinski definition) is 3. The predicted molar refractivity (Wildman–Crippen MR) is 86.6 cm³/mol.